The summed E-state index contributed by atoms with van der Waals surface area (Å²) in [6.45, 7) is 7.56. The standard InChI is InChI=1S/C18H20N2O/c1-3-17(19,15-11-7-5-8-12-15)21-18(20,4-2)16-13-9-6-10-14-16/h3-14H,1-2,19-20H2. The molecule has 0 bridgehead atoms. The van der Waals surface area contributed by atoms with Crippen molar-refractivity contribution in [1.82, 2.24) is 0 Å². The van der Waals surface area contributed by atoms with Crippen LogP contribution in [0.5, 0.6) is 0 Å². The van der Waals surface area contributed by atoms with Crippen molar-refractivity contribution in [3.8, 4) is 0 Å². The van der Waals surface area contributed by atoms with Crippen molar-refractivity contribution in [2.75, 3.05) is 0 Å². The van der Waals surface area contributed by atoms with Crippen LogP contribution in [0.15, 0.2) is 86.0 Å². The van der Waals surface area contributed by atoms with Crippen LogP contribution in [-0.4, -0.2) is 0 Å². The molecule has 2 unspecified atom stereocenters. The summed E-state index contributed by atoms with van der Waals surface area (Å²) in [6, 6.07) is 18.9. The number of hydrogen-bond donors (Lipinski definition) is 2. The van der Waals surface area contributed by atoms with Crippen LogP contribution in [0, 0.1) is 0 Å². The Kier molecular flexibility index (Phi) is 4.38. The zero-order chi connectivity index (χ0) is 15.3. The molecule has 4 N–H and O–H groups in total. The molecule has 3 heteroatoms. The molecule has 108 valence electrons. The molecule has 0 fully saturated rings. The van der Waals surface area contributed by atoms with Gasteiger partial charge in [0, 0.05) is 11.1 Å². The smallest absolute Gasteiger partial charge is 0.164 e. The topological polar surface area (TPSA) is 61.3 Å². The van der Waals surface area contributed by atoms with E-state index in [-0.39, 0.29) is 0 Å². The highest BCUT2D eigenvalue weighted by molar-refractivity contribution is 5.30. The van der Waals surface area contributed by atoms with Gasteiger partial charge in [-0.15, -0.1) is 0 Å². The average molecular weight is 280 g/mol. The lowest BCUT2D eigenvalue weighted by molar-refractivity contribution is -0.112. The number of nitrogens with two attached hydrogens (primary N) is 2. The molecule has 0 aliphatic carbocycles. The zero-order valence-electron chi connectivity index (χ0n) is 11.9. The van der Waals surface area contributed by atoms with Crippen molar-refractivity contribution in [2.45, 2.75) is 11.4 Å². The summed E-state index contributed by atoms with van der Waals surface area (Å²) in [6.07, 6.45) is 3.08. The molecule has 21 heavy (non-hydrogen) atoms. The van der Waals surface area contributed by atoms with Crippen LogP contribution < -0.4 is 11.5 Å². The summed E-state index contributed by atoms with van der Waals surface area (Å²) in [5, 5.41) is 0. The Balaban J connectivity index is 2.40. The van der Waals surface area contributed by atoms with Crippen molar-refractivity contribution in [2.24, 2.45) is 11.5 Å². The van der Waals surface area contributed by atoms with Gasteiger partial charge in [-0.3, -0.25) is 11.5 Å². The van der Waals surface area contributed by atoms with Gasteiger partial charge in [0.1, 0.15) is 0 Å². The van der Waals surface area contributed by atoms with E-state index in [9.17, 15) is 0 Å². The minimum atomic E-state index is -1.21. The van der Waals surface area contributed by atoms with Crippen LogP contribution in [0.2, 0.25) is 0 Å². The van der Waals surface area contributed by atoms with Gasteiger partial charge in [-0.1, -0.05) is 73.8 Å². The molecule has 2 rings (SSSR count). The number of ether oxygens (including phenoxy) is 1. The Morgan fingerprint density at radius 1 is 0.714 bits per heavy atom. The highest BCUT2D eigenvalue weighted by Gasteiger charge is 2.35. The Morgan fingerprint density at radius 3 is 1.33 bits per heavy atom. The maximum Gasteiger partial charge on any atom is 0.164 e. The first-order valence-corrected chi connectivity index (χ1v) is 6.70. The van der Waals surface area contributed by atoms with E-state index < -0.39 is 11.4 Å². The molecule has 0 aliphatic heterocycles. The molecule has 0 heterocycles. The summed E-state index contributed by atoms with van der Waals surface area (Å²) < 4.78 is 6.02. The van der Waals surface area contributed by atoms with Crippen LogP contribution in [0.1, 0.15) is 11.1 Å². The Morgan fingerprint density at radius 2 is 1.05 bits per heavy atom. The van der Waals surface area contributed by atoms with E-state index in [1.54, 1.807) is 0 Å². The first-order chi connectivity index (χ1) is 10.0. The monoisotopic (exact) mass is 280 g/mol. The summed E-state index contributed by atoms with van der Waals surface area (Å²) in [5.41, 5.74) is 11.8. The Bertz CT molecular complexity index is 556. The maximum atomic E-state index is 6.35. The van der Waals surface area contributed by atoms with Crippen molar-refractivity contribution in [3.05, 3.63) is 97.1 Å². The molecule has 0 radical (unpaired) electrons. The molecule has 2 atom stereocenters. The fourth-order valence-corrected chi connectivity index (χ4v) is 2.11. The molecule has 0 amide bonds. The Hall–Kier alpha value is -2.20. The van der Waals surface area contributed by atoms with Crippen molar-refractivity contribution in [3.63, 3.8) is 0 Å². The summed E-state index contributed by atoms with van der Waals surface area (Å²) >= 11 is 0. The highest BCUT2D eigenvalue weighted by Crippen LogP contribution is 2.31. The lowest BCUT2D eigenvalue weighted by atomic mass is 9.99. The molecule has 2 aromatic carbocycles. The van der Waals surface area contributed by atoms with E-state index >= 15 is 0 Å². The van der Waals surface area contributed by atoms with Crippen molar-refractivity contribution in [1.29, 1.82) is 0 Å². The van der Waals surface area contributed by atoms with Crippen molar-refractivity contribution < 1.29 is 4.74 Å². The van der Waals surface area contributed by atoms with Gasteiger partial charge in [0.05, 0.1) is 0 Å². The van der Waals surface area contributed by atoms with Crippen LogP contribution in [0.3, 0.4) is 0 Å². The third-order valence-electron chi connectivity index (χ3n) is 3.39. The summed E-state index contributed by atoms with van der Waals surface area (Å²) in [7, 11) is 0. The van der Waals surface area contributed by atoms with Gasteiger partial charge < -0.3 is 4.74 Å². The minimum absolute atomic E-state index is 0.771. The van der Waals surface area contributed by atoms with E-state index in [0.717, 1.165) is 11.1 Å². The van der Waals surface area contributed by atoms with E-state index in [2.05, 4.69) is 13.2 Å². The van der Waals surface area contributed by atoms with E-state index in [4.69, 9.17) is 16.2 Å². The maximum absolute atomic E-state index is 6.35. The lowest BCUT2D eigenvalue weighted by Crippen LogP contribution is -2.49. The molecular formula is C18H20N2O. The van der Waals surface area contributed by atoms with Gasteiger partial charge in [0.25, 0.3) is 0 Å². The van der Waals surface area contributed by atoms with Gasteiger partial charge in [-0.05, 0) is 12.2 Å². The molecule has 2 aromatic rings. The molecule has 0 saturated heterocycles. The number of benzene rings is 2. The fraction of sp³-hybridized carbons (Fsp3) is 0.111. The van der Waals surface area contributed by atoms with Crippen LogP contribution >= 0.6 is 0 Å². The molecule has 3 nitrogen and oxygen atoms in total. The van der Waals surface area contributed by atoms with E-state index in [1.807, 2.05) is 60.7 Å². The zero-order valence-corrected chi connectivity index (χ0v) is 11.9. The highest BCUT2D eigenvalue weighted by atomic mass is 16.5. The van der Waals surface area contributed by atoms with Crippen molar-refractivity contribution >= 4 is 0 Å². The fourth-order valence-electron chi connectivity index (χ4n) is 2.11. The molecule has 0 saturated carbocycles. The largest absolute Gasteiger partial charge is 0.324 e. The second-order valence-electron chi connectivity index (χ2n) is 4.83. The number of rotatable bonds is 6. The van der Waals surface area contributed by atoms with Gasteiger partial charge in [0.15, 0.2) is 11.4 Å². The van der Waals surface area contributed by atoms with Gasteiger partial charge in [0.2, 0.25) is 0 Å². The normalized spacial score (nSPS) is 16.5. The predicted molar refractivity (Wildman–Crippen MR) is 86.1 cm³/mol. The quantitative estimate of drug-likeness (QED) is 0.631. The second-order valence-corrected chi connectivity index (χ2v) is 4.83. The van der Waals surface area contributed by atoms with E-state index in [0.29, 0.717) is 0 Å². The molecule has 0 aromatic heterocycles. The third kappa shape index (κ3) is 3.11. The molecule has 0 spiro atoms. The van der Waals surface area contributed by atoms with Gasteiger partial charge in [-0.2, -0.15) is 0 Å². The summed E-state index contributed by atoms with van der Waals surface area (Å²) in [4.78, 5) is 0. The SMILES string of the molecule is C=CC(N)(OC(N)(C=C)c1ccccc1)c1ccccc1. The lowest BCUT2D eigenvalue weighted by Gasteiger charge is -2.37. The molecule has 0 aliphatic rings. The predicted octanol–water partition coefficient (Wildman–Crippen LogP) is 3.00. The van der Waals surface area contributed by atoms with Crippen LogP contribution in [-0.2, 0) is 16.2 Å². The van der Waals surface area contributed by atoms with Crippen LogP contribution in [0.25, 0.3) is 0 Å². The number of hydrogen-bond acceptors (Lipinski definition) is 3. The first kappa shape index (κ1) is 15.2. The second kappa shape index (κ2) is 6.06. The van der Waals surface area contributed by atoms with Gasteiger partial charge >= 0.3 is 0 Å². The van der Waals surface area contributed by atoms with E-state index in [1.165, 1.54) is 12.2 Å². The third-order valence-corrected chi connectivity index (χ3v) is 3.39. The van der Waals surface area contributed by atoms with Crippen LogP contribution in [0.4, 0.5) is 0 Å². The van der Waals surface area contributed by atoms with Gasteiger partial charge in [-0.25, -0.2) is 0 Å². The average Bonchev–Trinajstić information content (AvgIpc) is 2.56. The first-order valence-electron chi connectivity index (χ1n) is 6.70. The minimum Gasteiger partial charge on any atom is -0.324 e. The summed E-state index contributed by atoms with van der Waals surface area (Å²) in [5.74, 6) is 0. The molecular weight excluding hydrogens is 260 g/mol. The Labute approximate surface area is 125 Å².